The van der Waals surface area contributed by atoms with Crippen molar-refractivity contribution < 1.29 is 4.76 Å². The minimum Gasteiger partial charge on any atom is -0.361 e. The second kappa shape index (κ2) is 2.44. The summed E-state index contributed by atoms with van der Waals surface area (Å²) in [6.45, 7) is 0. The summed E-state index contributed by atoms with van der Waals surface area (Å²) in [6.07, 6.45) is 1.83. The van der Waals surface area contributed by atoms with Crippen molar-refractivity contribution in [3.05, 3.63) is 35.4 Å². The summed E-state index contributed by atoms with van der Waals surface area (Å²) < 4.78 is 0.871. The van der Waals surface area contributed by atoms with Crippen LogP contribution in [0.15, 0.2) is 30.5 Å². The Kier molecular flexibility index (Phi) is 1.43. The van der Waals surface area contributed by atoms with Crippen LogP contribution in [0.2, 0.25) is 0 Å². The maximum absolute atomic E-state index is 11.1. The summed E-state index contributed by atoms with van der Waals surface area (Å²) in [5.74, 6) is 0. The Morgan fingerprint density at radius 2 is 2.17 bits per heavy atom. The van der Waals surface area contributed by atoms with Crippen molar-refractivity contribution in [3.8, 4) is 0 Å². The van der Waals surface area contributed by atoms with Crippen molar-refractivity contribution >= 4 is 16.6 Å². The Balaban J connectivity index is 2.82. The molecule has 0 saturated heterocycles. The highest BCUT2D eigenvalue weighted by molar-refractivity contribution is 5.88. The van der Waals surface area contributed by atoms with Gasteiger partial charge in [-0.3, -0.25) is 0 Å². The molecule has 0 aliphatic rings. The van der Waals surface area contributed by atoms with Crippen LogP contribution in [0.4, 0.5) is 5.69 Å². The molecule has 0 fully saturated rings. The van der Waals surface area contributed by atoms with E-state index in [0.717, 1.165) is 15.7 Å². The molecule has 2 aromatic rings. The van der Waals surface area contributed by atoms with Crippen LogP contribution < -0.4 is 0 Å². The first-order valence-electron chi connectivity index (χ1n) is 3.76. The van der Waals surface area contributed by atoms with Gasteiger partial charge in [0, 0.05) is 21.9 Å². The molecular formula is C9H9N2O+. The number of nitrogens with one attached hydrogen (secondary N) is 1. The first-order chi connectivity index (χ1) is 5.79. The van der Waals surface area contributed by atoms with Crippen LogP contribution in [0.25, 0.3) is 10.9 Å². The summed E-state index contributed by atoms with van der Waals surface area (Å²) in [4.78, 5) is 14.1. The molecule has 2 rings (SSSR count). The third-order valence-corrected chi connectivity index (χ3v) is 1.91. The van der Waals surface area contributed by atoms with Crippen molar-refractivity contribution in [1.82, 2.24) is 4.98 Å². The van der Waals surface area contributed by atoms with Crippen molar-refractivity contribution in [3.63, 3.8) is 0 Å². The molecule has 1 N–H and O–H groups in total. The minimum absolute atomic E-state index is 0.703. The van der Waals surface area contributed by atoms with Gasteiger partial charge in [0.1, 0.15) is 0 Å². The van der Waals surface area contributed by atoms with Gasteiger partial charge in [-0.1, -0.05) is 6.07 Å². The van der Waals surface area contributed by atoms with Gasteiger partial charge in [-0.15, -0.1) is 0 Å². The van der Waals surface area contributed by atoms with Crippen LogP contribution >= 0.6 is 0 Å². The summed E-state index contributed by atoms with van der Waals surface area (Å²) in [7, 11) is 1.50. The molecule has 0 amide bonds. The van der Waals surface area contributed by atoms with Crippen LogP contribution in [0.5, 0.6) is 0 Å². The van der Waals surface area contributed by atoms with Gasteiger partial charge >= 0.3 is 0 Å². The Hall–Kier alpha value is -1.64. The quantitative estimate of drug-likeness (QED) is 0.639. The van der Waals surface area contributed by atoms with Crippen molar-refractivity contribution in [1.29, 1.82) is 0 Å². The molecule has 1 heterocycles. The molecule has 1 aromatic carbocycles. The molecule has 60 valence electrons. The van der Waals surface area contributed by atoms with Crippen molar-refractivity contribution in [2.24, 2.45) is 0 Å². The van der Waals surface area contributed by atoms with Gasteiger partial charge in [0.05, 0.1) is 10.9 Å². The van der Waals surface area contributed by atoms with Gasteiger partial charge in [0.25, 0.3) is 5.69 Å². The smallest absolute Gasteiger partial charge is 0.264 e. The molecule has 0 saturated carbocycles. The normalized spacial score (nSPS) is 10.4. The van der Waals surface area contributed by atoms with Crippen LogP contribution in [0.1, 0.15) is 0 Å². The highest BCUT2D eigenvalue weighted by atomic mass is 16.3. The van der Waals surface area contributed by atoms with E-state index in [4.69, 9.17) is 0 Å². The van der Waals surface area contributed by atoms with Gasteiger partial charge in [-0.05, 0) is 12.1 Å². The Morgan fingerprint density at radius 3 is 2.92 bits per heavy atom. The molecule has 0 atom stereocenters. The number of aromatic nitrogens is 1. The molecule has 0 aliphatic carbocycles. The average Bonchev–Trinajstić information content (AvgIpc) is 2.49. The van der Waals surface area contributed by atoms with E-state index in [0.29, 0.717) is 5.69 Å². The first kappa shape index (κ1) is 7.03. The maximum atomic E-state index is 11.1. The fourth-order valence-electron chi connectivity index (χ4n) is 1.34. The molecular weight excluding hydrogens is 152 g/mol. The molecule has 0 radical (unpaired) electrons. The van der Waals surface area contributed by atoms with Crippen LogP contribution in [-0.2, 0) is 0 Å². The molecule has 0 bridgehead atoms. The predicted octanol–water partition coefficient (Wildman–Crippen LogP) is 2.21. The minimum atomic E-state index is 0.703. The van der Waals surface area contributed by atoms with Crippen LogP contribution in [0, 0.1) is 4.91 Å². The third kappa shape index (κ3) is 0.906. The lowest BCUT2D eigenvalue weighted by molar-refractivity contribution is -0.426. The van der Waals surface area contributed by atoms with Crippen LogP contribution in [0.3, 0.4) is 0 Å². The molecule has 3 heteroatoms. The van der Waals surface area contributed by atoms with E-state index in [2.05, 4.69) is 4.98 Å². The number of benzene rings is 1. The molecule has 0 spiro atoms. The summed E-state index contributed by atoms with van der Waals surface area (Å²) in [5.41, 5.74) is 1.70. The largest absolute Gasteiger partial charge is 0.361 e. The number of rotatable bonds is 1. The second-order valence-electron chi connectivity index (χ2n) is 2.71. The van der Waals surface area contributed by atoms with E-state index in [9.17, 15) is 4.91 Å². The fourth-order valence-corrected chi connectivity index (χ4v) is 1.34. The van der Waals surface area contributed by atoms with Crippen molar-refractivity contribution in [2.45, 2.75) is 0 Å². The lowest BCUT2D eigenvalue weighted by atomic mass is 10.2. The number of aromatic amines is 1. The fraction of sp³-hybridized carbons (Fsp3) is 0.111. The number of H-pyrrole nitrogens is 1. The van der Waals surface area contributed by atoms with E-state index in [1.54, 1.807) is 0 Å². The van der Waals surface area contributed by atoms with Crippen LogP contribution in [-0.4, -0.2) is 16.8 Å². The Morgan fingerprint density at radius 1 is 1.33 bits per heavy atom. The van der Waals surface area contributed by atoms with Gasteiger partial charge in [0.15, 0.2) is 7.05 Å². The van der Waals surface area contributed by atoms with Gasteiger partial charge < -0.3 is 4.98 Å². The van der Waals surface area contributed by atoms with Gasteiger partial charge in [-0.2, -0.15) is 0 Å². The maximum Gasteiger partial charge on any atom is 0.264 e. The standard InChI is InChI=1S/C9H9N2O/c1-11(12)9-4-2-3-8-7(9)5-6-10-8/h2-6,10H,1H3/q+1. The SMILES string of the molecule is C[N+](=O)c1cccc2[nH]ccc12. The van der Waals surface area contributed by atoms with E-state index in [1.165, 1.54) is 7.05 Å². The molecule has 1 aromatic heterocycles. The predicted molar refractivity (Wildman–Crippen MR) is 47.5 cm³/mol. The zero-order chi connectivity index (χ0) is 8.55. The Labute approximate surface area is 69.6 Å². The van der Waals surface area contributed by atoms with Gasteiger partial charge in [0.2, 0.25) is 0 Å². The first-order valence-corrected chi connectivity index (χ1v) is 3.76. The van der Waals surface area contributed by atoms with E-state index >= 15 is 0 Å². The van der Waals surface area contributed by atoms with E-state index < -0.39 is 0 Å². The molecule has 3 nitrogen and oxygen atoms in total. The van der Waals surface area contributed by atoms with E-state index in [1.807, 2.05) is 30.5 Å². The number of nitroso groups, excluding NO2 is 1. The molecule has 12 heavy (non-hydrogen) atoms. The molecule has 0 aliphatic heterocycles. The molecule has 0 unspecified atom stereocenters. The summed E-state index contributed by atoms with van der Waals surface area (Å²) in [6, 6.07) is 7.52. The lowest BCUT2D eigenvalue weighted by Crippen LogP contribution is -1.89. The average molecular weight is 161 g/mol. The van der Waals surface area contributed by atoms with E-state index in [-0.39, 0.29) is 0 Å². The monoisotopic (exact) mass is 161 g/mol. The zero-order valence-corrected chi connectivity index (χ0v) is 6.74. The zero-order valence-electron chi connectivity index (χ0n) is 6.74. The number of hydrogen-bond donors (Lipinski definition) is 1. The second-order valence-corrected chi connectivity index (χ2v) is 2.71. The summed E-state index contributed by atoms with van der Waals surface area (Å²) >= 11 is 0. The number of nitrogens with zero attached hydrogens (tertiary/aromatic N) is 1. The lowest BCUT2D eigenvalue weighted by Gasteiger charge is -1.89. The Bertz CT molecular complexity index is 431. The summed E-state index contributed by atoms with van der Waals surface area (Å²) in [5, 5.41) is 0.968. The van der Waals surface area contributed by atoms with Crippen molar-refractivity contribution in [2.75, 3.05) is 7.05 Å². The third-order valence-electron chi connectivity index (χ3n) is 1.91. The highest BCUT2D eigenvalue weighted by Gasteiger charge is 2.11. The topological polar surface area (TPSA) is 35.9 Å². The van der Waals surface area contributed by atoms with Gasteiger partial charge in [-0.25, -0.2) is 0 Å². The number of fused-ring (bicyclic) bond motifs is 1. The highest BCUT2D eigenvalue weighted by Crippen LogP contribution is 2.23. The number of hydrogen-bond acceptors (Lipinski definition) is 1.